The summed E-state index contributed by atoms with van der Waals surface area (Å²) in [5, 5.41) is 0. The molecule has 2 aromatic carbocycles. The van der Waals surface area contributed by atoms with E-state index < -0.39 is 11.7 Å². The molecule has 0 saturated carbocycles. The smallest absolute Gasteiger partial charge is 0.338 e. The van der Waals surface area contributed by atoms with E-state index in [-0.39, 0.29) is 19.0 Å². The average molecular weight is 451 g/mol. The highest BCUT2D eigenvalue weighted by atomic mass is 19.1. The molecule has 0 spiro atoms. The summed E-state index contributed by atoms with van der Waals surface area (Å²) in [6.07, 6.45) is 1.46. The third-order valence-electron chi connectivity index (χ3n) is 5.14. The van der Waals surface area contributed by atoms with Crippen molar-refractivity contribution in [2.24, 2.45) is 7.05 Å². The standard InChI is InChI=1S/C23H22FN5O4/c1-27(11-12-33-17-9-7-16(24)8-10-17)22(30)29-19-14-25-20(26-21(19)28(2)23(29)31)15-5-4-6-18(13-15)32-3/h4-10,13-14H,11-12H2,1-3H3. The van der Waals surface area contributed by atoms with Gasteiger partial charge in [0.2, 0.25) is 0 Å². The minimum Gasteiger partial charge on any atom is -0.497 e. The van der Waals surface area contributed by atoms with Crippen molar-refractivity contribution in [2.45, 2.75) is 0 Å². The van der Waals surface area contributed by atoms with Gasteiger partial charge in [-0.15, -0.1) is 0 Å². The number of ether oxygens (including phenoxy) is 2. The molecule has 0 saturated heterocycles. The summed E-state index contributed by atoms with van der Waals surface area (Å²) in [6, 6.07) is 12.3. The summed E-state index contributed by atoms with van der Waals surface area (Å²) in [5.74, 6) is 1.18. The SMILES string of the molecule is COc1cccc(-c2ncc3c(n2)n(C)c(=O)n3C(=O)N(C)CCOc2ccc(F)cc2)c1. The van der Waals surface area contributed by atoms with E-state index in [2.05, 4.69) is 9.97 Å². The minimum atomic E-state index is -0.536. The molecule has 0 radical (unpaired) electrons. The van der Waals surface area contributed by atoms with Gasteiger partial charge in [0.05, 0.1) is 19.9 Å². The van der Waals surface area contributed by atoms with Crippen LogP contribution in [-0.2, 0) is 7.05 Å². The lowest BCUT2D eigenvalue weighted by molar-refractivity contribution is 0.197. The molecule has 1 amide bonds. The monoisotopic (exact) mass is 451 g/mol. The molecule has 0 fully saturated rings. The number of carbonyl (C=O) groups excluding carboxylic acids is 1. The first-order valence-electron chi connectivity index (χ1n) is 10.1. The Morgan fingerprint density at radius 1 is 1.15 bits per heavy atom. The Labute approximate surface area is 188 Å². The van der Waals surface area contributed by atoms with Crippen LogP contribution < -0.4 is 15.2 Å². The van der Waals surface area contributed by atoms with E-state index in [1.54, 1.807) is 27.3 Å². The summed E-state index contributed by atoms with van der Waals surface area (Å²) in [6.45, 7) is 0.381. The van der Waals surface area contributed by atoms with Crippen molar-refractivity contribution < 1.29 is 18.7 Å². The van der Waals surface area contributed by atoms with Crippen LogP contribution in [0.5, 0.6) is 11.5 Å². The number of rotatable bonds is 6. The van der Waals surface area contributed by atoms with Gasteiger partial charge >= 0.3 is 11.7 Å². The van der Waals surface area contributed by atoms with Gasteiger partial charge < -0.3 is 14.4 Å². The molecule has 10 heteroatoms. The highest BCUT2D eigenvalue weighted by molar-refractivity contribution is 5.88. The summed E-state index contributed by atoms with van der Waals surface area (Å²) in [4.78, 5) is 36.1. The third-order valence-corrected chi connectivity index (χ3v) is 5.14. The quantitative estimate of drug-likeness (QED) is 0.448. The summed E-state index contributed by atoms with van der Waals surface area (Å²) in [5.41, 5.74) is 0.818. The number of imidazole rings is 1. The zero-order chi connectivity index (χ0) is 23.5. The second-order valence-electron chi connectivity index (χ2n) is 7.32. The summed E-state index contributed by atoms with van der Waals surface area (Å²) >= 11 is 0. The molecule has 33 heavy (non-hydrogen) atoms. The van der Waals surface area contributed by atoms with Crippen LogP contribution in [0.1, 0.15) is 0 Å². The minimum absolute atomic E-state index is 0.171. The van der Waals surface area contributed by atoms with Crippen LogP contribution in [0.25, 0.3) is 22.6 Å². The lowest BCUT2D eigenvalue weighted by atomic mass is 10.2. The fraction of sp³-hybridized carbons (Fsp3) is 0.217. The van der Waals surface area contributed by atoms with Crippen molar-refractivity contribution >= 4 is 17.2 Å². The van der Waals surface area contributed by atoms with Crippen molar-refractivity contribution in [3.63, 3.8) is 0 Å². The Morgan fingerprint density at radius 3 is 2.64 bits per heavy atom. The van der Waals surface area contributed by atoms with E-state index in [1.165, 1.54) is 39.9 Å². The molecule has 0 N–H and O–H groups in total. The number of nitrogens with zero attached hydrogens (tertiary/aromatic N) is 5. The molecule has 0 unspecified atom stereocenters. The highest BCUT2D eigenvalue weighted by Crippen LogP contribution is 2.22. The Balaban J connectivity index is 1.56. The van der Waals surface area contributed by atoms with Crippen LogP contribution in [0.15, 0.2) is 59.5 Å². The number of hydrogen-bond donors (Lipinski definition) is 0. The normalized spacial score (nSPS) is 10.9. The lowest BCUT2D eigenvalue weighted by Crippen LogP contribution is -2.39. The fourth-order valence-corrected chi connectivity index (χ4v) is 3.30. The Bertz CT molecular complexity index is 1360. The summed E-state index contributed by atoms with van der Waals surface area (Å²) < 4.78 is 26.1. The molecular formula is C23H22FN5O4. The maximum Gasteiger partial charge on any atom is 0.338 e. The van der Waals surface area contributed by atoms with Crippen molar-refractivity contribution in [2.75, 3.05) is 27.3 Å². The number of aryl methyl sites for hydroxylation is 1. The predicted octanol–water partition coefficient (Wildman–Crippen LogP) is 2.92. The Morgan fingerprint density at radius 2 is 1.91 bits per heavy atom. The molecule has 2 aromatic heterocycles. The van der Waals surface area contributed by atoms with Crippen LogP contribution in [0, 0.1) is 5.82 Å². The van der Waals surface area contributed by atoms with Crippen LogP contribution in [0.3, 0.4) is 0 Å². The highest BCUT2D eigenvalue weighted by Gasteiger charge is 2.22. The van der Waals surface area contributed by atoms with E-state index in [1.807, 2.05) is 18.2 Å². The number of likely N-dealkylation sites (N-methyl/N-ethyl adjacent to an activating group) is 1. The van der Waals surface area contributed by atoms with Crippen molar-refractivity contribution in [3.05, 3.63) is 71.0 Å². The van der Waals surface area contributed by atoms with Gasteiger partial charge in [-0.05, 0) is 36.4 Å². The van der Waals surface area contributed by atoms with Gasteiger partial charge in [0, 0.05) is 19.7 Å². The maximum atomic E-state index is 13.0. The summed E-state index contributed by atoms with van der Waals surface area (Å²) in [7, 11) is 4.68. The zero-order valence-electron chi connectivity index (χ0n) is 18.4. The molecule has 9 nitrogen and oxygen atoms in total. The molecule has 0 aliphatic rings. The number of fused-ring (bicyclic) bond motifs is 1. The Kier molecular flexibility index (Phi) is 6.07. The molecule has 170 valence electrons. The third kappa shape index (κ3) is 4.40. The fourth-order valence-electron chi connectivity index (χ4n) is 3.30. The van der Waals surface area contributed by atoms with Gasteiger partial charge in [0.15, 0.2) is 11.5 Å². The van der Waals surface area contributed by atoms with E-state index >= 15 is 0 Å². The van der Waals surface area contributed by atoms with Crippen LogP contribution in [-0.4, -0.2) is 57.3 Å². The van der Waals surface area contributed by atoms with Gasteiger partial charge in [-0.3, -0.25) is 4.57 Å². The van der Waals surface area contributed by atoms with Crippen LogP contribution >= 0.6 is 0 Å². The molecular weight excluding hydrogens is 429 g/mol. The van der Waals surface area contributed by atoms with Crippen molar-refractivity contribution in [1.82, 2.24) is 24.0 Å². The van der Waals surface area contributed by atoms with Gasteiger partial charge in [-0.25, -0.2) is 28.5 Å². The van der Waals surface area contributed by atoms with Crippen molar-refractivity contribution in [3.8, 4) is 22.9 Å². The van der Waals surface area contributed by atoms with Gasteiger partial charge in [-0.1, -0.05) is 12.1 Å². The van der Waals surface area contributed by atoms with E-state index in [0.717, 1.165) is 10.1 Å². The number of amides is 1. The lowest BCUT2D eigenvalue weighted by Gasteiger charge is -2.17. The number of halogens is 1. The van der Waals surface area contributed by atoms with E-state index in [0.29, 0.717) is 28.5 Å². The first kappa shape index (κ1) is 22.0. The first-order valence-corrected chi connectivity index (χ1v) is 10.1. The number of benzene rings is 2. The second kappa shape index (κ2) is 9.11. The predicted molar refractivity (Wildman–Crippen MR) is 120 cm³/mol. The van der Waals surface area contributed by atoms with E-state index in [9.17, 15) is 14.0 Å². The molecule has 4 rings (SSSR count). The zero-order valence-corrected chi connectivity index (χ0v) is 18.4. The van der Waals surface area contributed by atoms with E-state index in [4.69, 9.17) is 9.47 Å². The number of aromatic nitrogens is 4. The largest absolute Gasteiger partial charge is 0.497 e. The topological polar surface area (TPSA) is 91.5 Å². The molecule has 0 atom stereocenters. The van der Waals surface area contributed by atoms with Crippen LogP contribution in [0.2, 0.25) is 0 Å². The Hall–Kier alpha value is -4.21. The average Bonchev–Trinajstić information content (AvgIpc) is 3.09. The molecule has 2 heterocycles. The first-order chi connectivity index (χ1) is 15.9. The van der Waals surface area contributed by atoms with Crippen LogP contribution in [0.4, 0.5) is 9.18 Å². The molecule has 0 aliphatic carbocycles. The number of hydrogen-bond acceptors (Lipinski definition) is 6. The molecule has 0 aliphatic heterocycles. The van der Waals surface area contributed by atoms with Gasteiger partial charge in [0.1, 0.15) is 29.4 Å². The maximum absolute atomic E-state index is 13.0. The van der Waals surface area contributed by atoms with Crippen molar-refractivity contribution in [1.29, 1.82) is 0 Å². The number of carbonyl (C=O) groups is 1. The van der Waals surface area contributed by atoms with Gasteiger partial charge in [-0.2, -0.15) is 0 Å². The molecule has 4 aromatic rings. The number of methoxy groups -OCH3 is 1. The molecule has 0 bridgehead atoms. The van der Waals surface area contributed by atoms with Gasteiger partial charge in [0.25, 0.3) is 0 Å². The second-order valence-corrected chi connectivity index (χ2v) is 7.32.